The number of hydrogen-bond donors (Lipinski definition) is 3. The number of nitrogens with two attached hydrogens (primary N) is 1. The molecule has 0 aliphatic carbocycles. The van der Waals surface area contributed by atoms with Crippen LogP contribution < -0.4 is 10.6 Å². The zero-order valence-corrected chi connectivity index (χ0v) is 11.6. The highest BCUT2D eigenvalue weighted by molar-refractivity contribution is 6.00. The average Bonchev–Trinajstić information content (AvgIpc) is 2.47. The molecule has 0 amide bonds. The summed E-state index contributed by atoms with van der Waals surface area (Å²) in [7, 11) is 0. The second-order valence-electron chi connectivity index (χ2n) is 4.68. The van der Waals surface area contributed by atoms with E-state index in [1.807, 2.05) is 35.2 Å². The topological polar surface area (TPSA) is 73.3 Å². The fraction of sp³-hybridized carbons (Fsp3) is 0.188. The van der Waals surface area contributed by atoms with Gasteiger partial charge in [0.05, 0.1) is 17.9 Å². The molecule has 0 aliphatic heterocycles. The number of nitrogen functional groups attached to an aromatic ring is 1. The van der Waals surface area contributed by atoms with E-state index in [0.717, 1.165) is 5.56 Å². The Morgan fingerprint density at radius 3 is 2.48 bits per heavy atom. The Labute approximate surface area is 123 Å². The van der Waals surface area contributed by atoms with Gasteiger partial charge in [0.25, 0.3) is 0 Å². The number of rotatable bonds is 6. The minimum atomic E-state index is -0.531. The molecular formula is C16H18FN3O. The summed E-state index contributed by atoms with van der Waals surface area (Å²) in [5.74, 6) is -0.852. The minimum Gasteiger partial charge on any atom is -0.395 e. The van der Waals surface area contributed by atoms with E-state index in [9.17, 15) is 9.50 Å². The maximum Gasteiger partial charge on any atom is 0.136 e. The second-order valence-corrected chi connectivity index (χ2v) is 4.68. The van der Waals surface area contributed by atoms with Gasteiger partial charge in [-0.3, -0.25) is 5.41 Å². The monoisotopic (exact) mass is 287 g/mol. The molecule has 21 heavy (non-hydrogen) atoms. The Bertz CT molecular complexity index is 616. The van der Waals surface area contributed by atoms with Crippen molar-refractivity contribution in [2.45, 2.75) is 6.54 Å². The van der Waals surface area contributed by atoms with Crippen molar-refractivity contribution in [3.63, 3.8) is 0 Å². The quantitative estimate of drug-likeness (QED) is 0.563. The van der Waals surface area contributed by atoms with E-state index in [2.05, 4.69) is 0 Å². The largest absolute Gasteiger partial charge is 0.395 e. The molecule has 0 aromatic heterocycles. The number of amidine groups is 1. The Kier molecular flexibility index (Phi) is 4.90. The third kappa shape index (κ3) is 3.58. The van der Waals surface area contributed by atoms with Gasteiger partial charge in [0.15, 0.2) is 0 Å². The molecule has 2 rings (SSSR count). The molecule has 2 aromatic carbocycles. The first-order valence-corrected chi connectivity index (χ1v) is 6.66. The van der Waals surface area contributed by atoms with Crippen molar-refractivity contribution in [2.24, 2.45) is 5.73 Å². The molecule has 0 spiro atoms. The van der Waals surface area contributed by atoms with E-state index in [-0.39, 0.29) is 18.0 Å². The van der Waals surface area contributed by atoms with Crippen LogP contribution in [0.25, 0.3) is 0 Å². The summed E-state index contributed by atoms with van der Waals surface area (Å²) in [6.45, 7) is 0.768. The fourth-order valence-corrected chi connectivity index (χ4v) is 2.25. The van der Waals surface area contributed by atoms with Crippen LogP contribution in [-0.4, -0.2) is 24.1 Å². The Morgan fingerprint density at radius 1 is 1.14 bits per heavy atom. The molecule has 0 heterocycles. The molecule has 0 radical (unpaired) electrons. The van der Waals surface area contributed by atoms with Crippen LogP contribution in [0.1, 0.15) is 11.1 Å². The van der Waals surface area contributed by atoms with Gasteiger partial charge in [0.2, 0.25) is 0 Å². The van der Waals surface area contributed by atoms with Gasteiger partial charge in [-0.2, -0.15) is 0 Å². The van der Waals surface area contributed by atoms with Gasteiger partial charge in [0, 0.05) is 13.1 Å². The summed E-state index contributed by atoms with van der Waals surface area (Å²) in [5.41, 5.74) is 7.11. The van der Waals surface area contributed by atoms with Gasteiger partial charge in [-0.15, -0.1) is 0 Å². The van der Waals surface area contributed by atoms with Crippen molar-refractivity contribution in [3.05, 3.63) is 65.5 Å². The molecular weight excluding hydrogens is 269 g/mol. The number of halogens is 1. The highest BCUT2D eigenvalue weighted by Gasteiger charge is 2.17. The number of benzene rings is 2. The predicted molar refractivity (Wildman–Crippen MR) is 82.0 cm³/mol. The molecule has 0 saturated carbocycles. The van der Waals surface area contributed by atoms with Crippen LogP contribution in [0.4, 0.5) is 10.1 Å². The minimum absolute atomic E-state index is 0.0688. The van der Waals surface area contributed by atoms with Crippen LogP contribution >= 0.6 is 0 Å². The molecule has 0 bridgehead atoms. The van der Waals surface area contributed by atoms with Crippen LogP contribution in [0.3, 0.4) is 0 Å². The zero-order chi connectivity index (χ0) is 15.2. The molecule has 0 atom stereocenters. The van der Waals surface area contributed by atoms with E-state index >= 15 is 0 Å². The highest BCUT2D eigenvalue weighted by Crippen LogP contribution is 2.24. The van der Waals surface area contributed by atoms with E-state index < -0.39 is 5.82 Å². The summed E-state index contributed by atoms with van der Waals surface area (Å²) < 4.78 is 13.9. The number of anilines is 1. The molecule has 5 heteroatoms. The lowest BCUT2D eigenvalue weighted by Crippen LogP contribution is -2.29. The van der Waals surface area contributed by atoms with Crippen molar-refractivity contribution in [1.82, 2.24) is 0 Å². The molecule has 110 valence electrons. The first-order chi connectivity index (χ1) is 10.1. The van der Waals surface area contributed by atoms with Crippen LogP contribution in [0, 0.1) is 11.2 Å². The third-order valence-corrected chi connectivity index (χ3v) is 3.19. The molecule has 2 aromatic rings. The van der Waals surface area contributed by atoms with E-state index in [1.165, 1.54) is 6.07 Å². The summed E-state index contributed by atoms with van der Waals surface area (Å²) in [5, 5.41) is 16.8. The van der Waals surface area contributed by atoms with Crippen LogP contribution in [0.15, 0.2) is 48.5 Å². The van der Waals surface area contributed by atoms with Gasteiger partial charge < -0.3 is 15.7 Å². The lowest BCUT2D eigenvalue weighted by molar-refractivity contribution is 0.301. The smallest absolute Gasteiger partial charge is 0.136 e. The van der Waals surface area contributed by atoms with Gasteiger partial charge in [-0.25, -0.2) is 4.39 Å². The maximum atomic E-state index is 13.9. The normalized spacial score (nSPS) is 10.4. The number of hydrogen-bond acceptors (Lipinski definition) is 3. The Balaban J connectivity index is 2.39. The first kappa shape index (κ1) is 15.0. The van der Waals surface area contributed by atoms with E-state index in [4.69, 9.17) is 11.1 Å². The van der Waals surface area contributed by atoms with Crippen LogP contribution in [0.5, 0.6) is 0 Å². The van der Waals surface area contributed by atoms with Gasteiger partial charge in [0.1, 0.15) is 11.7 Å². The summed E-state index contributed by atoms with van der Waals surface area (Å²) in [4.78, 5) is 1.81. The van der Waals surface area contributed by atoms with Crippen molar-refractivity contribution in [1.29, 1.82) is 5.41 Å². The first-order valence-electron chi connectivity index (χ1n) is 6.66. The number of aliphatic hydroxyl groups is 1. The van der Waals surface area contributed by atoms with Crippen molar-refractivity contribution in [3.8, 4) is 0 Å². The lowest BCUT2D eigenvalue weighted by atomic mass is 10.1. The second kappa shape index (κ2) is 6.85. The summed E-state index contributed by atoms with van der Waals surface area (Å²) in [6, 6.07) is 14.2. The Morgan fingerprint density at radius 2 is 1.86 bits per heavy atom. The fourth-order valence-electron chi connectivity index (χ4n) is 2.25. The number of nitrogens with zero attached hydrogens (tertiary/aromatic N) is 1. The van der Waals surface area contributed by atoms with Crippen molar-refractivity contribution in [2.75, 3.05) is 18.1 Å². The lowest BCUT2D eigenvalue weighted by Gasteiger charge is -2.26. The molecule has 0 aliphatic rings. The van der Waals surface area contributed by atoms with Gasteiger partial charge in [-0.1, -0.05) is 36.4 Å². The van der Waals surface area contributed by atoms with Gasteiger partial charge in [-0.05, 0) is 17.7 Å². The SMILES string of the molecule is N=C(N)c1c(F)cccc1N(CCO)Cc1ccccc1. The standard InChI is InChI=1S/C16H18FN3O/c17-13-7-4-8-14(15(13)16(18)19)20(9-10-21)11-12-5-2-1-3-6-12/h1-8,21H,9-11H2,(H3,18,19). The molecule has 0 fully saturated rings. The molecule has 4 N–H and O–H groups in total. The predicted octanol–water partition coefficient (Wildman–Crippen LogP) is 2.11. The zero-order valence-electron chi connectivity index (χ0n) is 11.6. The Hall–Kier alpha value is -2.40. The summed E-state index contributed by atoms with van der Waals surface area (Å²) in [6.07, 6.45) is 0. The number of nitrogens with one attached hydrogen (secondary N) is 1. The van der Waals surface area contributed by atoms with Crippen LogP contribution in [0.2, 0.25) is 0 Å². The number of aliphatic hydroxyl groups excluding tert-OH is 1. The van der Waals surface area contributed by atoms with E-state index in [0.29, 0.717) is 18.8 Å². The average molecular weight is 287 g/mol. The highest BCUT2D eigenvalue weighted by atomic mass is 19.1. The third-order valence-electron chi connectivity index (χ3n) is 3.19. The van der Waals surface area contributed by atoms with Crippen molar-refractivity contribution >= 4 is 11.5 Å². The van der Waals surface area contributed by atoms with Crippen LogP contribution in [-0.2, 0) is 6.54 Å². The van der Waals surface area contributed by atoms with Crippen molar-refractivity contribution < 1.29 is 9.50 Å². The van der Waals surface area contributed by atoms with Gasteiger partial charge >= 0.3 is 0 Å². The van der Waals surface area contributed by atoms with E-state index in [1.54, 1.807) is 12.1 Å². The molecule has 0 unspecified atom stereocenters. The maximum absolute atomic E-state index is 13.9. The summed E-state index contributed by atoms with van der Waals surface area (Å²) >= 11 is 0. The molecule has 0 saturated heterocycles. The molecule has 4 nitrogen and oxygen atoms in total.